The third-order valence-corrected chi connectivity index (χ3v) is 8.44. The number of carbonyl (C=O) groups is 1. The van der Waals surface area contributed by atoms with Gasteiger partial charge in [-0.25, -0.2) is 5.84 Å². The van der Waals surface area contributed by atoms with Crippen molar-refractivity contribution in [2.45, 2.75) is 46.7 Å². The summed E-state index contributed by atoms with van der Waals surface area (Å²) in [4.78, 5) is 19.5. The average molecular weight is 554 g/mol. The highest BCUT2D eigenvalue weighted by Crippen LogP contribution is 2.45. The topological polar surface area (TPSA) is 118 Å². The first kappa shape index (κ1) is 28.4. The van der Waals surface area contributed by atoms with E-state index in [1.54, 1.807) is 20.9 Å². The monoisotopic (exact) mass is 553 g/mol. The van der Waals surface area contributed by atoms with Crippen molar-refractivity contribution in [2.24, 2.45) is 11.3 Å². The SMILES string of the molecule is Cc1ccc(C(c2ccc(N(C)N)c(N)c2C)C(C)(C)C(=O)O)cc1CN1CCOc2cc3cccnc3cc2C1. The number of carboxylic acid groups (broad SMARTS) is 1. The highest BCUT2D eigenvalue weighted by Gasteiger charge is 2.40. The maximum Gasteiger partial charge on any atom is 0.310 e. The number of fused-ring (bicyclic) bond motifs is 2. The third-order valence-electron chi connectivity index (χ3n) is 8.44. The van der Waals surface area contributed by atoms with Gasteiger partial charge in [-0.1, -0.05) is 30.3 Å². The van der Waals surface area contributed by atoms with Crippen molar-refractivity contribution in [1.82, 2.24) is 9.88 Å². The Morgan fingerprint density at radius 2 is 1.95 bits per heavy atom. The van der Waals surface area contributed by atoms with E-state index in [0.717, 1.165) is 63.1 Å². The lowest BCUT2D eigenvalue weighted by Gasteiger charge is -2.34. The van der Waals surface area contributed by atoms with Crippen molar-refractivity contribution in [3.05, 3.63) is 94.2 Å². The van der Waals surface area contributed by atoms with E-state index in [4.69, 9.17) is 16.3 Å². The fourth-order valence-electron chi connectivity index (χ4n) is 5.88. The summed E-state index contributed by atoms with van der Waals surface area (Å²) >= 11 is 0. The van der Waals surface area contributed by atoms with Gasteiger partial charge in [-0.3, -0.25) is 14.7 Å². The molecule has 8 nitrogen and oxygen atoms in total. The highest BCUT2D eigenvalue weighted by atomic mass is 16.5. The number of ether oxygens (including phenoxy) is 1. The fourth-order valence-corrected chi connectivity index (χ4v) is 5.88. The van der Waals surface area contributed by atoms with Crippen LogP contribution in [0.15, 0.2) is 60.8 Å². The molecule has 0 aliphatic carbocycles. The molecule has 1 aromatic heterocycles. The molecule has 1 unspecified atom stereocenters. The Labute approximate surface area is 241 Å². The fraction of sp³-hybridized carbons (Fsp3) is 0.333. The van der Waals surface area contributed by atoms with Gasteiger partial charge in [0.15, 0.2) is 0 Å². The predicted octanol–water partition coefficient (Wildman–Crippen LogP) is 5.38. The molecule has 2 heterocycles. The number of hydrogen-bond acceptors (Lipinski definition) is 7. The number of anilines is 2. The van der Waals surface area contributed by atoms with Gasteiger partial charge in [-0.2, -0.15) is 0 Å². The van der Waals surface area contributed by atoms with Crippen molar-refractivity contribution >= 4 is 28.2 Å². The molecule has 1 atom stereocenters. The van der Waals surface area contributed by atoms with Crippen LogP contribution in [-0.2, 0) is 17.9 Å². The molecule has 214 valence electrons. The first-order valence-corrected chi connectivity index (χ1v) is 13.9. The second kappa shape index (κ2) is 11.0. The zero-order chi connectivity index (χ0) is 29.5. The van der Waals surface area contributed by atoms with Crippen LogP contribution in [0.25, 0.3) is 10.9 Å². The number of carboxylic acids is 1. The molecule has 1 aliphatic rings. The number of rotatable bonds is 7. The molecule has 0 fully saturated rings. The van der Waals surface area contributed by atoms with Crippen LogP contribution in [0.1, 0.15) is 53.1 Å². The summed E-state index contributed by atoms with van der Waals surface area (Å²) < 4.78 is 6.14. The van der Waals surface area contributed by atoms with E-state index < -0.39 is 17.3 Å². The van der Waals surface area contributed by atoms with Crippen LogP contribution >= 0.6 is 0 Å². The number of aryl methyl sites for hydroxylation is 1. The van der Waals surface area contributed by atoms with E-state index in [1.807, 2.05) is 37.4 Å². The van der Waals surface area contributed by atoms with Crippen molar-refractivity contribution < 1.29 is 14.6 Å². The minimum Gasteiger partial charge on any atom is -0.492 e. The molecule has 1 aliphatic heterocycles. The number of aromatic nitrogens is 1. The quantitative estimate of drug-likeness (QED) is 0.159. The Hall–Kier alpha value is -4.14. The number of benzene rings is 3. The van der Waals surface area contributed by atoms with Crippen LogP contribution in [0.5, 0.6) is 5.75 Å². The first-order valence-electron chi connectivity index (χ1n) is 13.9. The highest BCUT2D eigenvalue weighted by molar-refractivity contribution is 5.81. The lowest BCUT2D eigenvalue weighted by molar-refractivity contribution is -0.147. The molecule has 0 spiro atoms. The van der Waals surface area contributed by atoms with E-state index in [1.165, 1.54) is 5.01 Å². The Morgan fingerprint density at radius 1 is 1.17 bits per heavy atom. The van der Waals surface area contributed by atoms with Crippen LogP contribution in [0.2, 0.25) is 0 Å². The normalized spacial score (nSPS) is 14.7. The molecule has 3 aromatic carbocycles. The van der Waals surface area contributed by atoms with E-state index in [2.05, 4.69) is 47.1 Å². The smallest absolute Gasteiger partial charge is 0.310 e. The van der Waals surface area contributed by atoms with Gasteiger partial charge in [-0.05, 0) is 79.8 Å². The minimum atomic E-state index is -1.09. The lowest BCUT2D eigenvalue weighted by Crippen LogP contribution is -2.33. The Balaban J connectivity index is 1.52. The molecule has 5 N–H and O–H groups in total. The molecule has 0 amide bonds. The summed E-state index contributed by atoms with van der Waals surface area (Å²) in [5, 5.41) is 12.9. The minimum absolute atomic E-state index is 0.426. The molecule has 0 radical (unpaired) electrons. The summed E-state index contributed by atoms with van der Waals surface area (Å²) in [6, 6.07) is 18.3. The van der Waals surface area contributed by atoms with Crippen molar-refractivity contribution in [3.63, 3.8) is 0 Å². The molecule has 8 heteroatoms. The second-order valence-corrected chi connectivity index (χ2v) is 11.7. The van der Waals surface area contributed by atoms with Crippen LogP contribution < -0.4 is 21.3 Å². The van der Waals surface area contributed by atoms with Gasteiger partial charge in [0.05, 0.1) is 22.3 Å². The standard InChI is InChI=1S/C33H39N5O3/c1-20-8-9-23(30(33(3,4)32(39)40)26-10-11-28(37(5)35)31(34)21(26)2)15-24(20)18-38-13-14-41-29-17-22-7-6-12-36-27(22)16-25(29)19-38/h6-12,15-17,30H,13-14,18-19,34-35H2,1-5H3,(H,39,40). The first-order chi connectivity index (χ1) is 19.5. The van der Waals surface area contributed by atoms with Crippen LogP contribution in [0.3, 0.4) is 0 Å². The van der Waals surface area contributed by atoms with E-state index in [9.17, 15) is 9.90 Å². The molecular weight excluding hydrogens is 514 g/mol. The lowest BCUT2D eigenvalue weighted by atomic mass is 9.69. The molecule has 0 saturated carbocycles. The molecular formula is C33H39N5O3. The van der Waals surface area contributed by atoms with E-state index in [0.29, 0.717) is 24.5 Å². The maximum absolute atomic E-state index is 12.6. The van der Waals surface area contributed by atoms with Gasteiger partial charge in [0.2, 0.25) is 0 Å². The maximum atomic E-state index is 12.6. The van der Waals surface area contributed by atoms with E-state index >= 15 is 0 Å². The zero-order valence-electron chi connectivity index (χ0n) is 24.4. The summed E-state index contributed by atoms with van der Waals surface area (Å²) in [5.74, 6) is 5.60. The van der Waals surface area contributed by atoms with Gasteiger partial charge in [-0.15, -0.1) is 0 Å². The number of hydrazine groups is 1. The van der Waals surface area contributed by atoms with Gasteiger partial charge >= 0.3 is 5.97 Å². The van der Waals surface area contributed by atoms with Gasteiger partial charge in [0.25, 0.3) is 0 Å². The van der Waals surface area contributed by atoms with Crippen molar-refractivity contribution in [3.8, 4) is 5.75 Å². The Kier molecular flexibility index (Phi) is 7.64. The van der Waals surface area contributed by atoms with Gasteiger partial charge < -0.3 is 20.6 Å². The zero-order valence-corrected chi connectivity index (χ0v) is 24.4. The summed E-state index contributed by atoms with van der Waals surface area (Å²) in [7, 11) is 1.74. The predicted molar refractivity (Wildman–Crippen MR) is 164 cm³/mol. The molecule has 0 bridgehead atoms. The number of nitrogen functional groups attached to an aromatic ring is 1. The van der Waals surface area contributed by atoms with E-state index in [-0.39, 0.29) is 0 Å². The molecule has 4 aromatic rings. The number of aliphatic carboxylic acids is 1. The van der Waals surface area contributed by atoms with Crippen LogP contribution in [0, 0.1) is 19.3 Å². The van der Waals surface area contributed by atoms with Gasteiger partial charge in [0, 0.05) is 49.7 Å². The van der Waals surface area contributed by atoms with Crippen molar-refractivity contribution in [1.29, 1.82) is 0 Å². The molecule has 0 saturated heterocycles. The number of pyridine rings is 1. The summed E-state index contributed by atoms with van der Waals surface area (Å²) in [6.45, 7) is 10.4. The number of nitrogens with two attached hydrogens (primary N) is 2. The Morgan fingerprint density at radius 3 is 2.68 bits per heavy atom. The largest absolute Gasteiger partial charge is 0.492 e. The van der Waals surface area contributed by atoms with Crippen LogP contribution in [-0.4, -0.2) is 41.2 Å². The van der Waals surface area contributed by atoms with Gasteiger partial charge in [0.1, 0.15) is 12.4 Å². The third kappa shape index (κ3) is 5.45. The number of hydrogen-bond donors (Lipinski definition) is 3. The summed E-state index contributed by atoms with van der Waals surface area (Å²) in [5.41, 5.74) is 13.7. The number of nitrogens with zero attached hydrogens (tertiary/aromatic N) is 3. The molecule has 5 rings (SSSR count). The molecule has 41 heavy (non-hydrogen) atoms. The average Bonchev–Trinajstić information content (AvgIpc) is 3.12. The van der Waals surface area contributed by atoms with Crippen LogP contribution in [0.4, 0.5) is 11.4 Å². The summed E-state index contributed by atoms with van der Waals surface area (Å²) in [6.07, 6.45) is 1.81. The van der Waals surface area contributed by atoms with Crippen molar-refractivity contribution in [2.75, 3.05) is 30.9 Å². The second-order valence-electron chi connectivity index (χ2n) is 11.7. The Bertz CT molecular complexity index is 1610.